The Hall–Kier alpha value is -1.36. The Morgan fingerprint density at radius 2 is 2.50 bits per heavy atom. The van der Waals surface area contributed by atoms with Crippen LogP contribution in [0.5, 0.6) is 0 Å². The smallest absolute Gasteiger partial charge is 0.326 e. The van der Waals surface area contributed by atoms with Gasteiger partial charge < -0.3 is 15.0 Å². The van der Waals surface area contributed by atoms with Gasteiger partial charge in [-0.1, -0.05) is 6.92 Å². The van der Waals surface area contributed by atoms with Crippen molar-refractivity contribution in [3.8, 4) is 0 Å². The van der Waals surface area contributed by atoms with Gasteiger partial charge in [0.2, 0.25) is 0 Å². The zero-order valence-corrected chi connectivity index (χ0v) is 8.40. The number of hydrogen-bond acceptors (Lipinski definition) is 3. The summed E-state index contributed by atoms with van der Waals surface area (Å²) in [5, 5.41) is 11.9. The first-order valence-corrected chi connectivity index (χ1v) is 4.58. The van der Waals surface area contributed by atoms with Crippen LogP contribution < -0.4 is 5.32 Å². The number of nitrogens with zero attached hydrogens (tertiary/aromatic N) is 2. The molecule has 1 heterocycles. The van der Waals surface area contributed by atoms with Crippen molar-refractivity contribution in [3.05, 3.63) is 18.2 Å². The van der Waals surface area contributed by atoms with Gasteiger partial charge in [-0.2, -0.15) is 0 Å². The van der Waals surface area contributed by atoms with E-state index in [4.69, 9.17) is 5.11 Å². The summed E-state index contributed by atoms with van der Waals surface area (Å²) >= 11 is 0. The van der Waals surface area contributed by atoms with E-state index in [2.05, 4.69) is 10.3 Å². The molecule has 2 N–H and O–H groups in total. The zero-order valence-electron chi connectivity index (χ0n) is 8.40. The van der Waals surface area contributed by atoms with E-state index in [1.54, 1.807) is 17.1 Å². The summed E-state index contributed by atoms with van der Waals surface area (Å²) in [6.45, 7) is 2.50. The minimum atomic E-state index is -0.819. The summed E-state index contributed by atoms with van der Waals surface area (Å²) in [7, 11) is 1.83. The molecule has 1 aromatic rings. The van der Waals surface area contributed by atoms with Crippen LogP contribution in [-0.4, -0.2) is 27.7 Å². The van der Waals surface area contributed by atoms with Gasteiger partial charge in [0, 0.05) is 12.7 Å². The summed E-state index contributed by atoms with van der Waals surface area (Å²) < 4.78 is 1.63. The Bertz CT molecular complexity index is 309. The molecule has 0 saturated carbocycles. The first kappa shape index (κ1) is 10.7. The third-order valence-corrected chi connectivity index (χ3v) is 2.04. The monoisotopic (exact) mass is 197 g/mol. The van der Waals surface area contributed by atoms with Crippen LogP contribution in [0.1, 0.15) is 25.1 Å². The van der Waals surface area contributed by atoms with Gasteiger partial charge in [0.1, 0.15) is 6.04 Å². The summed E-state index contributed by atoms with van der Waals surface area (Å²) in [5.41, 5.74) is 0.854. The number of rotatable bonds is 5. The van der Waals surface area contributed by atoms with Crippen LogP contribution >= 0.6 is 0 Å². The van der Waals surface area contributed by atoms with Gasteiger partial charge in [0.15, 0.2) is 0 Å². The van der Waals surface area contributed by atoms with Gasteiger partial charge >= 0.3 is 5.97 Å². The van der Waals surface area contributed by atoms with Crippen molar-refractivity contribution in [2.24, 2.45) is 0 Å². The maximum Gasteiger partial charge on any atom is 0.326 e. The third kappa shape index (κ3) is 2.32. The highest BCUT2D eigenvalue weighted by Crippen LogP contribution is 2.11. The van der Waals surface area contributed by atoms with Gasteiger partial charge in [-0.3, -0.25) is 0 Å². The molecule has 1 unspecified atom stereocenters. The molecular weight excluding hydrogens is 182 g/mol. The van der Waals surface area contributed by atoms with Gasteiger partial charge in [0.25, 0.3) is 0 Å². The largest absolute Gasteiger partial charge is 0.480 e. The molecular formula is C9H15N3O2. The third-order valence-electron chi connectivity index (χ3n) is 2.04. The summed E-state index contributed by atoms with van der Waals surface area (Å²) in [6.07, 6.45) is 3.89. The molecule has 5 nitrogen and oxygen atoms in total. The molecule has 0 radical (unpaired) electrons. The molecule has 14 heavy (non-hydrogen) atoms. The van der Waals surface area contributed by atoms with Gasteiger partial charge in [0.05, 0.1) is 12.0 Å². The molecule has 1 aromatic heterocycles. The second-order valence-electron chi connectivity index (χ2n) is 3.10. The molecule has 0 saturated heterocycles. The van der Waals surface area contributed by atoms with Crippen LogP contribution in [0.15, 0.2) is 12.5 Å². The number of imidazole rings is 1. The normalized spacial score (nSPS) is 12.7. The number of aliphatic carboxylic acids is 1. The average molecular weight is 197 g/mol. The van der Waals surface area contributed by atoms with E-state index in [1.165, 1.54) is 0 Å². The van der Waals surface area contributed by atoms with Crippen LogP contribution in [0.25, 0.3) is 0 Å². The second-order valence-corrected chi connectivity index (χ2v) is 3.10. The molecule has 0 bridgehead atoms. The Morgan fingerprint density at radius 1 is 1.79 bits per heavy atom. The highest BCUT2D eigenvalue weighted by atomic mass is 16.4. The number of carbonyl (C=O) groups is 1. The van der Waals surface area contributed by atoms with E-state index in [9.17, 15) is 4.79 Å². The van der Waals surface area contributed by atoms with Crippen molar-refractivity contribution in [1.29, 1.82) is 0 Å². The summed E-state index contributed by atoms with van der Waals surface area (Å²) in [6, 6.07) is -0.506. The molecule has 0 aliphatic carbocycles. The van der Waals surface area contributed by atoms with Crippen LogP contribution in [0, 0.1) is 0 Å². The lowest BCUT2D eigenvalue weighted by atomic mass is 10.2. The molecule has 0 amide bonds. The first-order valence-electron chi connectivity index (χ1n) is 4.58. The molecule has 0 aliphatic rings. The fourth-order valence-corrected chi connectivity index (χ4v) is 1.34. The van der Waals surface area contributed by atoms with E-state index in [1.807, 2.05) is 14.0 Å². The predicted molar refractivity (Wildman–Crippen MR) is 52.0 cm³/mol. The number of hydrogen-bond donors (Lipinski definition) is 2. The van der Waals surface area contributed by atoms with Gasteiger partial charge in [-0.25, -0.2) is 9.78 Å². The van der Waals surface area contributed by atoms with Crippen molar-refractivity contribution >= 4 is 5.97 Å². The quantitative estimate of drug-likeness (QED) is 0.726. The first-order chi connectivity index (χ1) is 6.69. The molecule has 78 valence electrons. The Labute approximate surface area is 82.8 Å². The number of nitrogens with one attached hydrogen (secondary N) is 1. The lowest BCUT2D eigenvalue weighted by Crippen LogP contribution is -2.16. The molecule has 1 atom stereocenters. The van der Waals surface area contributed by atoms with Gasteiger partial charge in [-0.15, -0.1) is 0 Å². The van der Waals surface area contributed by atoms with Crippen LogP contribution in [-0.2, 0) is 11.3 Å². The summed E-state index contributed by atoms with van der Waals surface area (Å²) in [5.74, 6) is -0.819. The SMILES string of the molecule is CCC(C(=O)O)n1cnc(CNC)c1. The average Bonchev–Trinajstić information content (AvgIpc) is 2.54. The topological polar surface area (TPSA) is 67.1 Å². The molecule has 0 aliphatic heterocycles. The fraction of sp³-hybridized carbons (Fsp3) is 0.556. The predicted octanol–water partition coefficient (Wildman–Crippen LogP) is 0.638. The highest BCUT2D eigenvalue weighted by molar-refractivity contribution is 5.71. The lowest BCUT2D eigenvalue weighted by molar-refractivity contribution is -0.141. The fourth-order valence-electron chi connectivity index (χ4n) is 1.34. The van der Waals surface area contributed by atoms with Crippen molar-refractivity contribution in [2.45, 2.75) is 25.9 Å². The second kappa shape index (κ2) is 4.76. The zero-order chi connectivity index (χ0) is 10.6. The minimum Gasteiger partial charge on any atom is -0.480 e. The standard InChI is InChI=1S/C9H15N3O2/c1-3-8(9(13)14)12-5-7(4-10-2)11-6-12/h5-6,8,10H,3-4H2,1-2H3,(H,13,14). The summed E-state index contributed by atoms with van der Waals surface area (Å²) in [4.78, 5) is 14.9. The van der Waals surface area contributed by atoms with Crippen LogP contribution in [0.4, 0.5) is 0 Å². The molecule has 1 rings (SSSR count). The Morgan fingerprint density at radius 3 is 3.00 bits per heavy atom. The van der Waals surface area contributed by atoms with Crippen molar-refractivity contribution in [1.82, 2.24) is 14.9 Å². The Kier molecular flexibility index (Phi) is 3.64. The molecule has 0 fully saturated rings. The molecule has 5 heteroatoms. The number of carboxylic acids is 1. The lowest BCUT2D eigenvalue weighted by Gasteiger charge is -2.09. The maximum atomic E-state index is 10.8. The van der Waals surface area contributed by atoms with Crippen LogP contribution in [0.2, 0.25) is 0 Å². The van der Waals surface area contributed by atoms with E-state index in [0.29, 0.717) is 13.0 Å². The minimum absolute atomic E-state index is 0.506. The van der Waals surface area contributed by atoms with E-state index in [-0.39, 0.29) is 0 Å². The maximum absolute atomic E-state index is 10.8. The van der Waals surface area contributed by atoms with Crippen LogP contribution in [0.3, 0.4) is 0 Å². The molecule has 0 aromatic carbocycles. The van der Waals surface area contributed by atoms with Crippen molar-refractivity contribution < 1.29 is 9.90 Å². The van der Waals surface area contributed by atoms with Crippen molar-refractivity contribution in [2.75, 3.05) is 7.05 Å². The van der Waals surface area contributed by atoms with Gasteiger partial charge in [-0.05, 0) is 13.5 Å². The van der Waals surface area contributed by atoms with E-state index in [0.717, 1.165) is 5.69 Å². The number of aromatic nitrogens is 2. The van der Waals surface area contributed by atoms with Crippen molar-refractivity contribution in [3.63, 3.8) is 0 Å². The highest BCUT2D eigenvalue weighted by Gasteiger charge is 2.16. The Balaban J connectivity index is 2.78. The molecule has 0 spiro atoms. The van der Waals surface area contributed by atoms with E-state index < -0.39 is 12.0 Å². The number of carboxylic acid groups (broad SMARTS) is 1. The van der Waals surface area contributed by atoms with E-state index >= 15 is 0 Å².